The zero-order chi connectivity index (χ0) is 16.8. The van der Waals surface area contributed by atoms with Crippen molar-refractivity contribution in [3.8, 4) is 0 Å². The summed E-state index contributed by atoms with van der Waals surface area (Å²) in [6, 6.07) is 11.9. The first-order chi connectivity index (χ1) is 11.7. The number of carbonyl (C=O) groups is 1. The Morgan fingerprint density at radius 1 is 1.04 bits per heavy atom. The Balaban J connectivity index is 1.54. The molecule has 1 aliphatic rings. The molecule has 1 aromatic heterocycles. The molecule has 1 saturated heterocycles. The van der Waals surface area contributed by atoms with E-state index in [1.54, 1.807) is 11.3 Å². The molecule has 1 fully saturated rings. The number of rotatable bonds is 6. The van der Waals surface area contributed by atoms with Gasteiger partial charge in [0.25, 0.3) is 0 Å². The molecule has 24 heavy (non-hydrogen) atoms. The molecule has 2 nitrogen and oxygen atoms in total. The van der Waals surface area contributed by atoms with Crippen molar-refractivity contribution in [3.05, 3.63) is 56.7 Å². The first-order valence-electron chi connectivity index (χ1n) is 8.80. The Morgan fingerprint density at radius 3 is 2.54 bits per heavy atom. The van der Waals surface area contributed by atoms with Crippen LogP contribution in [0.5, 0.6) is 0 Å². The quantitative estimate of drug-likeness (QED) is 0.638. The molecule has 4 heteroatoms. The highest BCUT2D eigenvalue weighted by Crippen LogP contribution is 2.25. The van der Waals surface area contributed by atoms with E-state index in [1.165, 1.54) is 30.6 Å². The molecule has 1 aromatic carbocycles. The smallest absolute Gasteiger partial charge is 0.174 e. The Hall–Kier alpha value is -1.16. The van der Waals surface area contributed by atoms with Crippen LogP contribution in [0.2, 0.25) is 5.02 Å². The first kappa shape index (κ1) is 17.7. The second-order valence-corrected chi connectivity index (χ2v) is 8.04. The van der Waals surface area contributed by atoms with Crippen molar-refractivity contribution in [3.63, 3.8) is 0 Å². The number of nitrogens with zero attached hydrogens (tertiary/aromatic N) is 1. The Kier molecular flexibility index (Phi) is 6.47. The van der Waals surface area contributed by atoms with E-state index in [2.05, 4.69) is 11.0 Å². The molecule has 0 atom stereocenters. The van der Waals surface area contributed by atoms with E-state index in [9.17, 15) is 4.79 Å². The van der Waals surface area contributed by atoms with Gasteiger partial charge in [0, 0.05) is 29.3 Å². The van der Waals surface area contributed by atoms with E-state index in [0.29, 0.717) is 6.42 Å². The van der Waals surface area contributed by atoms with E-state index in [0.717, 1.165) is 41.5 Å². The third kappa shape index (κ3) is 4.92. The standard InChI is InChI=1S/C20H24ClNOS/c21-18-8-4-3-7-16(18)15-17-9-10-20(24-17)19(23)11-14-22-12-5-1-2-6-13-22/h3-4,7-10H,1-2,5-6,11-15H2. The Labute approximate surface area is 153 Å². The van der Waals surface area contributed by atoms with Crippen molar-refractivity contribution in [2.75, 3.05) is 19.6 Å². The number of halogens is 1. The third-order valence-electron chi connectivity index (χ3n) is 4.61. The molecular formula is C20H24ClNOS. The molecule has 3 rings (SSSR count). The normalized spacial score (nSPS) is 16.0. The summed E-state index contributed by atoms with van der Waals surface area (Å²) in [6.45, 7) is 3.20. The van der Waals surface area contributed by atoms with Gasteiger partial charge in [0.05, 0.1) is 4.88 Å². The predicted octanol–water partition coefficient (Wildman–Crippen LogP) is 5.44. The molecule has 0 spiro atoms. The second-order valence-electron chi connectivity index (χ2n) is 6.46. The van der Waals surface area contributed by atoms with Crippen molar-refractivity contribution >= 4 is 28.7 Å². The van der Waals surface area contributed by atoms with Crippen LogP contribution in [0, 0.1) is 0 Å². The topological polar surface area (TPSA) is 20.3 Å². The summed E-state index contributed by atoms with van der Waals surface area (Å²) in [7, 11) is 0. The summed E-state index contributed by atoms with van der Waals surface area (Å²) in [6.07, 6.45) is 6.64. The van der Waals surface area contributed by atoms with Gasteiger partial charge in [-0.1, -0.05) is 42.6 Å². The lowest BCUT2D eigenvalue weighted by Crippen LogP contribution is -2.27. The minimum atomic E-state index is 0.273. The molecule has 128 valence electrons. The van der Waals surface area contributed by atoms with Crippen LogP contribution >= 0.6 is 22.9 Å². The molecule has 0 unspecified atom stereocenters. The van der Waals surface area contributed by atoms with Gasteiger partial charge in [0.15, 0.2) is 5.78 Å². The maximum Gasteiger partial charge on any atom is 0.174 e. The second kappa shape index (κ2) is 8.80. The van der Waals surface area contributed by atoms with Crippen molar-refractivity contribution in [2.45, 2.75) is 38.5 Å². The SMILES string of the molecule is O=C(CCN1CCCCCC1)c1ccc(Cc2ccccc2Cl)s1. The van der Waals surface area contributed by atoms with E-state index >= 15 is 0 Å². The fourth-order valence-corrected chi connectivity index (χ4v) is 4.40. The molecule has 0 amide bonds. The summed E-state index contributed by atoms with van der Waals surface area (Å²) in [5.41, 5.74) is 1.12. The molecule has 0 radical (unpaired) electrons. The summed E-state index contributed by atoms with van der Waals surface area (Å²) >= 11 is 7.83. The molecule has 0 N–H and O–H groups in total. The van der Waals surface area contributed by atoms with E-state index in [-0.39, 0.29) is 5.78 Å². The van der Waals surface area contributed by atoms with Crippen LogP contribution in [-0.4, -0.2) is 30.3 Å². The molecule has 0 saturated carbocycles. The zero-order valence-electron chi connectivity index (χ0n) is 14.0. The maximum atomic E-state index is 12.5. The molecular weight excluding hydrogens is 338 g/mol. The van der Waals surface area contributed by atoms with Crippen LogP contribution in [-0.2, 0) is 6.42 Å². The number of carbonyl (C=O) groups excluding carboxylic acids is 1. The average Bonchev–Trinajstić information content (AvgIpc) is 2.89. The number of thiophene rings is 1. The van der Waals surface area contributed by atoms with Gasteiger partial charge in [0.2, 0.25) is 0 Å². The lowest BCUT2D eigenvalue weighted by atomic mass is 10.1. The number of hydrogen-bond acceptors (Lipinski definition) is 3. The first-order valence-corrected chi connectivity index (χ1v) is 9.99. The van der Waals surface area contributed by atoms with E-state index < -0.39 is 0 Å². The van der Waals surface area contributed by atoms with Gasteiger partial charge in [0.1, 0.15) is 0 Å². The third-order valence-corrected chi connectivity index (χ3v) is 6.11. The molecule has 2 aromatic rings. The number of Topliss-reactive ketones (excluding diaryl/α,β-unsaturated/α-hetero) is 1. The fraction of sp³-hybridized carbons (Fsp3) is 0.450. The highest BCUT2D eigenvalue weighted by atomic mass is 35.5. The van der Waals surface area contributed by atoms with E-state index in [4.69, 9.17) is 11.6 Å². The molecule has 2 heterocycles. The van der Waals surface area contributed by atoms with Gasteiger partial charge in [-0.05, 0) is 49.7 Å². The summed E-state index contributed by atoms with van der Waals surface area (Å²) in [5.74, 6) is 0.273. The van der Waals surface area contributed by atoms with E-state index in [1.807, 2.05) is 30.3 Å². The lowest BCUT2D eigenvalue weighted by Gasteiger charge is -2.18. The Bertz CT molecular complexity index is 674. The minimum absolute atomic E-state index is 0.273. The lowest BCUT2D eigenvalue weighted by molar-refractivity contribution is 0.0969. The minimum Gasteiger partial charge on any atom is -0.303 e. The van der Waals surface area contributed by atoms with Crippen LogP contribution in [0.15, 0.2) is 36.4 Å². The highest BCUT2D eigenvalue weighted by molar-refractivity contribution is 7.14. The van der Waals surface area contributed by atoms with Crippen molar-refractivity contribution in [1.82, 2.24) is 4.90 Å². The van der Waals surface area contributed by atoms with Gasteiger partial charge >= 0.3 is 0 Å². The average molecular weight is 362 g/mol. The van der Waals surface area contributed by atoms with Crippen molar-refractivity contribution in [1.29, 1.82) is 0 Å². The number of likely N-dealkylation sites (tertiary alicyclic amines) is 1. The van der Waals surface area contributed by atoms with Crippen molar-refractivity contribution < 1.29 is 4.79 Å². The molecule has 1 aliphatic heterocycles. The number of hydrogen-bond donors (Lipinski definition) is 0. The van der Waals surface area contributed by atoms with Crippen LogP contribution in [0.4, 0.5) is 0 Å². The number of benzene rings is 1. The predicted molar refractivity (Wildman–Crippen MR) is 102 cm³/mol. The summed E-state index contributed by atoms with van der Waals surface area (Å²) < 4.78 is 0. The van der Waals surface area contributed by atoms with Gasteiger partial charge in [-0.2, -0.15) is 0 Å². The van der Waals surface area contributed by atoms with Crippen LogP contribution in [0.25, 0.3) is 0 Å². The number of ketones is 1. The largest absolute Gasteiger partial charge is 0.303 e. The summed E-state index contributed by atoms with van der Waals surface area (Å²) in [4.78, 5) is 17.0. The van der Waals surface area contributed by atoms with Crippen LogP contribution in [0.3, 0.4) is 0 Å². The van der Waals surface area contributed by atoms with Crippen LogP contribution < -0.4 is 0 Å². The van der Waals surface area contributed by atoms with Gasteiger partial charge in [-0.15, -0.1) is 11.3 Å². The maximum absolute atomic E-state index is 12.5. The summed E-state index contributed by atoms with van der Waals surface area (Å²) in [5, 5.41) is 0.792. The van der Waals surface area contributed by atoms with Crippen LogP contribution in [0.1, 0.15) is 52.2 Å². The monoisotopic (exact) mass is 361 g/mol. The van der Waals surface area contributed by atoms with Gasteiger partial charge in [-0.25, -0.2) is 0 Å². The van der Waals surface area contributed by atoms with Crippen molar-refractivity contribution in [2.24, 2.45) is 0 Å². The molecule has 0 aliphatic carbocycles. The Morgan fingerprint density at radius 2 is 1.79 bits per heavy atom. The van der Waals surface area contributed by atoms with Gasteiger partial charge in [-0.3, -0.25) is 4.79 Å². The van der Waals surface area contributed by atoms with Gasteiger partial charge < -0.3 is 4.90 Å². The molecule has 0 bridgehead atoms. The zero-order valence-corrected chi connectivity index (χ0v) is 15.5. The highest BCUT2D eigenvalue weighted by Gasteiger charge is 2.14. The fourth-order valence-electron chi connectivity index (χ4n) is 3.19.